The second kappa shape index (κ2) is 3.85. The van der Waals surface area contributed by atoms with Crippen molar-refractivity contribution in [3.05, 3.63) is 30.0 Å². The fourth-order valence-corrected chi connectivity index (χ4v) is 0.792. The minimum Gasteiger partial charge on any atom is -0.383 e. The second-order valence-electron chi connectivity index (χ2n) is 2.86. The Morgan fingerprint density at radius 2 is 2.08 bits per heavy atom. The maximum Gasteiger partial charge on any atom is 0.116 e. The molecule has 1 rings (SSSR count). The van der Waals surface area contributed by atoms with Crippen LogP contribution in [0.15, 0.2) is 18.6 Å². The zero-order valence-electron chi connectivity index (χ0n) is 7.65. The van der Waals surface area contributed by atoms with Gasteiger partial charge in [0.25, 0.3) is 0 Å². The predicted octanol–water partition coefficient (Wildman–Crippen LogP) is 1.32. The molecule has 64 valence electrons. The summed E-state index contributed by atoms with van der Waals surface area (Å²) in [5.74, 6) is 0. The van der Waals surface area contributed by atoms with Gasteiger partial charge in [-0.05, 0) is 19.1 Å². The van der Waals surface area contributed by atoms with Crippen LogP contribution in [0, 0.1) is 6.92 Å². The third-order valence-electron chi connectivity index (χ3n) is 1.37. The molecule has 0 aliphatic rings. The highest BCUT2D eigenvalue weighted by Gasteiger charge is 1.88. The lowest BCUT2D eigenvalue weighted by Gasteiger charge is -2.02. The molecule has 12 heavy (non-hydrogen) atoms. The largest absolute Gasteiger partial charge is 0.383 e. The van der Waals surface area contributed by atoms with Crippen LogP contribution in [0.3, 0.4) is 0 Å². The van der Waals surface area contributed by atoms with Crippen LogP contribution in [0.25, 0.3) is 6.08 Å². The van der Waals surface area contributed by atoms with Gasteiger partial charge in [0.15, 0.2) is 0 Å². The lowest BCUT2D eigenvalue weighted by Crippen LogP contribution is -2.00. The minimum atomic E-state index is 0.941. The Bertz CT molecular complexity index is 279. The van der Waals surface area contributed by atoms with Gasteiger partial charge in [-0.25, -0.2) is 9.97 Å². The highest BCUT2D eigenvalue weighted by molar-refractivity contribution is 5.43. The van der Waals surface area contributed by atoms with E-state index in [9.17, 15) is 0 Å². The number of nitrogens with zero attached hydrogens (tertiary/aromatic N) is 3. The van der Waals surface area contributed by atoms with Crippen LogP contribution >= 0.6 is 0 Å². The molecule has 1 aromatic heterocycles. The van der Waals surface area contributed by atoms with E-state index >= 15 is 0 Å². The Hall–Kier alpha value is -1.38. The van der Waals surface area contributed by atoms with Crippen LogP contribution in [-0.2, 0) is 0 Å². The first-order valence-electron chi connectivity index (χ1n) is 3.82. The molecule has 0 spiro atoms. The van der Waals surface area contributed by atoms with E-state index in [-0.39, 0.29) is 0 Å². The molecule has 0 saturated carbocycles. The molecule has 0 fully saturated rings. The number of aryl methyl sites for hydroxylation is 1. The standard InChI is InChI=1S/C9H13N3/c1-8-6-9(11-7-10-8)4-5-12(2)3/h4-7H,1-3H3. The van der Waals surface area contributed by atoms with Crippen LogP contribution in [0.5, 0.6) is 0 Å². The third-order valence-corrected chi connectivity index (χ3v) is 1.37. The number of hydrogen-bond acceptors (Lipinski definition) is 3. The molecule has 0 radical (unpaired) electrons. The predicted molar refractivity (Wildman–Crippen MR) is 49.5 cm³/mol. The van der Waals surface area contributed by atoms with E-state index in [1.807, 2.05) is 44.3 Å². The molecule has 3 heteroatoms. The molecule has 0 bridgehead atoms. The molecular formula is C9H13N3. The molecule has 1 aromatic rings. The monoisotopic (exact) mass is 163 g/mol. The Balaban J connectivity index is 2.76. The fraction of sp³-hybridized carbons (Fsp3) is 0.333. The van der Waals surface area contributed by atoms with Crippen LogP contribution < -0.4 is 0 Å². The van der Waals surface area contributed by atoms with Gasteiger partial charge in [-0.1, -0.05) is 0 Å². The molecule has 0 aliphatic carbocycles. The summed E-state index contributed by atoms with van der Waals surface area (Å²) in [6.45, 7) is 1.95. The van der Waals surface area contributed by atoms with Gasteiger partial charge in [-0.2, -0.15) is 0 Å². The second-order valence-corrected chi connectivity index (χ2v) is 2.86. The van der Waals surface area contributed by atoms with Gasteiger partial charge >= 0.3 is 0 Å². The number of hydrogen-bond donors (Lipinski definition) is 0. The number of rotatable bonds is 2. The summed E-state index contributed by atoms with van der Waals surface area (Å²) in [4.78, 5) is 10.1. The fourth-order valence-electron chi connectivity index (χ4n) is 0.792. The number of aromatic nitrogens is 2. The van der Waals surface area contributed by atoms with E-state index < -0.39 is 0 Å². The van der Waals surface area contributed by atoms with E-state index in [2.05, 4.69) is 9.97 Å². The van der Waals surface area contributed by atoms with Crippen molar-refractivity contribution in [1.82, 2.24) is 14.9 Å². The third kappa shape index (κ3) is 2.70. The molecule has 0 aromatic carbocycles. The molecule has 0 unspecified atom stereocenters. The van der Waals surface area contributed by atoms with Crippen molar-refractivity contribution in [2.75, 3.05) is 14.1 Å². The van der Waals surface area contributed by atoms with Crippen molar-refractivity contribution in [1.29, 1.82) is 0 Å². The summed E-state index contributed by atoms with van der Waals surface area (Å²) < 4.78 is 0. The first kappa shape index (κ1) is 8.71. The highest BCUT2D eigenvalue weighted by atomic mass is 15.0. The molecule has 0 aliphatic heterocycles. The van der Waals surface area contributed by atoms with Crippen molar-refractivity contribution in [2.24, 2.45) is 0 Å². The summed E-state index contributed by atoms with van der Waals surface area (Å²) >= 11 is 0. The van der Waals surface area contributed by atoms with E-state index in [1.165, 1.54) is 0 Å². The molecular weight excluding hydrogens is 150 g/mol. The van der Waals surface area contributed by atoms with Crippen LogP contribution in [0.4, 0.5) is 0 Å². The molecule has 1 heterocycles. The summed E-state index contributed by atoms with van der Waals surface area (Å²) in [7, 11) is 3.95. The van der Waals surface area contributed by atoms with Gasteiger partial charge in [0, 0.05) is 26.0 Å². The first-order chi connectivity index (χ1) is 5.68. The summed E-state index contributed by atoms with van der Waals surface area (Å²) in [6.07, 6.45) is 5.49. The van der Waals surface area contributed by atoms with Gasteiger partial charge in [-0.3, -0.25) is 0 Å². The van der Waals surface area contributed by atoms with E-state index in [1.54, 1.807) is 6.33 Å². The minimum absolute atomic E-state index is 0.941. The lowest BCUT2D eigenvalue weighted by molar-refractivity contribution is 0.567. The van der Waals surface area contributed by atoms with Gasteiger partial charge in [0.2, 0.25) is 0 Å². The van der Waals surface area contributed by atoms with Crippen molar-refractivity contribution >= 4 is 6.08 Å². The first-order valence-corrected chi connectivity index (χ1v) is 3.82. The van der Waals surface area contributed by atoms with Gasteiger partial charge in [0.1, 0.15) is 6.33 Å². The van der Waals surface area contributed by atoms with Gasteiger partial charge in [0.05, 0.1) is 5.69 Å². The van der Waals surface area contributed by atoms with Gasteiger partial charge in [-0.15, -0.1) is 0 Å². The van der Waals surface area contributed by atoms with Crippen molar-refractivity contribution in [3.8, 4) is 0 Å². The Morgan fingerprint density at radius 3 is 2.67 bits per heavy atom. The average Bonchev–Trinajstić information content (AvgIpc) is 2.01. The SMILES string of the molecule is Cc1cc(C=CN(C)C)ncn1. The Kier molecular flexibility index (Phi) is 2.80. The van der Waals surface area contributed by atoms with Crippen LogP contribution in [0.1, 0.15) is 11.4 Å². The average molecular weight is 163 g/mol. The maximum absolute atomic E-state index is 4.09. The van der Waals surface area contributed by atoms with E-state index in [0.29, 0.717) is 0 Å². The molecule has 0 N–H and O–H groups in total. The molecule has 0 amide bonds. The lowest BCUT2D eigenvalue weighted by atomic mass is 10.3. The quantitative estimate of drug-likeness (QED) is 0.658. The molecule has 0 saturated heterocycles. The van der Waals surface area contributed by atoms with Crippen LogP contribution in [0.2, 0.25) is 0 Å². The smallest absolute Gasteiger partial charge is 0.116 e. The Labute approximate surface area is 72.8 Å². The molecule has 0 atom stereocenters. The van der Waals surface area contributed by atoms with Crippen molar-refractivity contribution < 1.29 is 0 Å². The normalized spacial score (nSPS) is 10.6. The topological polar surface area (TPSA) is 29.0 Å². The summed E-state index contributed by atoms with van der Waals surface area (Å²) in [6, 6.07) is 1.94. The maximum atomic E-state index is 4.09. The summed E-state index contributed by atoms with van der Waals surface area (Å²) in [5, 5.41) is 0. The van der Waals surface area contributed by atoms with Crippen molar-refractivity contribution in [2.45, 2.75) is 6.92 Å². The van der Waals surface area contributed by atoms with E-state index in [0.717, 1.165) is 11.4 Å². The zero-order chi connectivity index (χ0) is 8.97. The zero-order valence-corrected chi connectivity index (χ0v) is 7.65. The van der Waals surface area contributed by atoms with Crippen molar-refractivity contribution in [3.63, 3.8) is 0 Å². The summed E-state index contributed by atoms with van der Waals surface area (Å²) in [5.41, 5.74) is 1.93. The van der Waals surface area contributed by atoms with Gasteiger partial charge < -0.3 is 4.90 Å². The van der Waals surface area contributed by atoms with E-state index in [4.69, 9.17) is 0 Å². The Morgan fingerprint density at radius 1 is 1.33 bits per heavy atom. The highest BCUT2D eigenvalue weighted by Crippen LogP contribution is 1.98. The van der Waals surface area contributed by atoms with Crippen LogP contribution in [-0.4, -0.2) is 29.0 Å². The molecule has 3 nitrogen and oxygen atoms in total.